The van der Waals surface area contributed by atoms with Crippen molar-refractivity contribution in [2.75, 3.05) is 5.32 Å². The number of fused-ring (bicyclic) bond motifs is 19. The third-order valence-corrected chi connectivity index (χ3v) is 16.6. The maximum atomic E-state index is 6.80. The highest BCUT2D eigenvalue weighted by molar-refractivity contribution is 7.99. The smallest absolute Gasteiger partial charge is 0.132 e. The summed E-state index contributed by atoms with van der Waals surface area (Å²) in [6.07, 6.45) is 0. The van der Waals surface area contributed by atoms with E-state index in [1.165, 1.54) is 92.9 Å². The molecule has 0 bridgehead atoms. The van der Waals surface area contributed by atoms with Gasteiger partial charge in [-0.05, 0) is 120 Å². The molecule has 2 heterocycles. The molecular weight excluding hydrogens is 855 g/mol. The molecule has 4 aliphatic rings. The predicted octanol–water partition coefficient (Wildman–Crippen LogP) is 17.2. The normalized spacial score (nSPS) is 14.4. The van der Waals surface area contributed by atoms with E-state index < -0.39 is 10.8 Å². The fourth-order valence-electron chi connectivity index (χ4n) is 12.8. The maximum absolute atomic E-state index is 6.80. The van der Waals surface area contributed by atoms with Gasteiger partial charge < -0.3 is 10.1 Å². The Kier molecular flexibility index (Phi) is 8.17. The number of ether oxygens (including phenoxy) is 1. The van der Waals surface area contributed by atoms with Crippen LogP contribution in [0.2, 0.25) is 0 Å². The minimum Gasteiger partial charge on any atom is -0.457 e. The SMILES string of the molecule is c1ccc(-c2ccc(Nc3cc4c(cc3-c3cccc5c3-c3ccccc3C53c5ccccc5Sc5ccccc53)C3(c5ccccc5Oc5ccccc53)c3ccccc3-4)c3ccccc23)cc1. The van der Waals surface area contributed by atoms with E-state index in [2.05, 4.69) is 248 Å². The summed E-state index contributed by atoms with van der Waals surface area (Å²) in [6, 6.07) is 89.9. The Morgan fingerprint density at radius 2 is 0.826 bits per heavy atom. The summed E-state index contributed by atoms with van der Waals surface area (Å²) in [7, 11) is 0. The van der Waals surface area contributed by atoms with E-state index >= 15 is 0 Å². The summed E-state index contributed by atoms with van der Waals surface area (Å²) in [5, 5.41) is 6.55. The lowest BCUT2D eigenvalue weighted by Crippen LogP contribution is -2.32. The molecule has 0 unspecified atom stereocenters. The number of hydrogen-bond donors (Lipinski definition) is 1. The van der Waals surface area contributed by atoms with Gasteiger partial charge >= 0.3 is 0 Å². The van der Waals surface area contributed by atoms with Gasteiger partial charge in [-0.15, -0.1) is 0 Å². The van der Waals surface area contributed by atoms with Gasteiger partial charge in [0, 0.05) is 43.2 Å². The van der Waals surface area contributed by atoms with Crippen molar-refractivity contribution in [1.82, 2.24) is 0 Å². The number of benzene rings is 11. The van der Waals surface area contributed by atoms with Gasteiger partial charge in [-0.25, -0.2) is 0 Å². The van der Waals surface area contributed by atoms with Crippen LogP contribution in [0, 0.1) is 0 Å². The number of rotatable bonds is 4. The predicted molar refractivity (Wildman–Crippen MR) is 283 cm³/mol. The van der Waals surface area contributed by atoms with Crippen molar-refractivity contribution in [3.8, 4) is 56.0 Å². The molecule has 0 saturated heterocycles. The summed E-state index contributed by atoms with van der Waals surface area (Å²) in [4.78, 5) is 2.60. The third-order valence-electron chi connectivity index (χ3n) is 15.4. The first-order chi connectivity index (χ1) is 34.2. The summed E-state index contributed by atoms with van der Waals surface area (Å²) < 4.78 is 6.80. The first-order valence-corrected chi connectivity index (χ1v) is 24.6. The summed E-state index contributed by atoms with van der Waals surface area (Å²) in [6.45, 7) is 0. The molecule has 2 aliphatic heterocycles. The van der Waals surface area contributed by atoms with Crippen molar-refractivity contribution < 1.29 is 4.74 Å². The Balaban J connectivity index is 1.06. The lowest BCUT2D eigenvalue weighted by atomic mass is 9.65. The summed E-state index contributed by atoms with van der Waals surface area (Å²) in [5.41, 5.74) is 20.8. The Hall–Kier alpha value is -8.37. The molecular formula is C66H41NOS. The highest BCUT2D eigenvalue weighted by Crippen LogP contribution is 2.66. The second-order valence-electron chi connectivity index (χ2n) is 18.6. The molecule has 0 amide bonds. The quantitative estimate of drug-likeness (QED) is 0.190. The lowest BCUT2D eigenvalue weighted by Gasteiger charge is -2.40. The number of nitrogens with one attached hydrogen (secondary N) is 1. The standard InChI is InChI=1S/C66H41NOS/c1-2-19-41(20-3-1)42-37-38-58(45-23-5-4-21-43(42)45)67-59-40-48-44-22-6-8-26-50(44)65(52-28-10-14-33-60(52)68-61-34-15-11-29-53(61)65)57(48)39-49(59)46-25-18-32-56-64(46)47-24-7-9-27-51(47)66(56)54-30-12-16-35-62(54)69-63-36-17-13-31-55(63)66/h1-40,67H. The molecule has 3 heteroatoms. The van der Waals surface area contributed by atoms with Gasteiger partial charge in [-0.2, -0.15) is 0 Å². The van der Waals surface area contributed by atoms with Crippen LogP contribution in [0.1, 0.15) is 44.5 Å². The first kappa shape index (κ1) is 38.7. The van der Waals surface area contributed by atoms with Gasteiger partial charge in [0.15, 0.2) is 0 Å². The molecule has 2 nitrogen and oxygen atoms in total. The number of para-hydroxylation sites is 2. The van der Waals surface area contributed by atoms with Gasteiger partial charge in [0.2, 0.25) is 0 Å². The average molecular weight is 896 g/mol. The molecule has 322 valence electrons. The van der Waals surface area contributed by atoms with Crippen molar-refractivity contribution in [2.45, 2.75) is 20.6 Å². The Morgan fingerprint density at radius 1 is 0.304 bits per heavy atom. The Bertz CT molecular complexity index is 3870. The zero-order valence-electron chi connectivity index (χ0n) is 37.4. The van der Waals surface area contributed by atoms with E-state index in [1.54, 1.807) is 0 Å². The minimum absolute atomic E-state index is 0.510. The van der Waals surface area contributed by atoms with Crippen molar-refractivity contribution in [3.63, 3.8) is 0 Å². The van der Waals surface area contributed by atoms with Crippen LogP contribution in [0.4, 0.5) is 11.4 Å². The second-order valence-corrected chi connectivity index (χ2v) is 19.7. The van der Waals surface area contributed by atoms with Crippen LogP contribution in [0.15, 0.2) is 252 Å². The lowest BCUT2D eigenvalue weighted by molar-refractivity contribution is 0.436. The van der Waals surface area contributed by atoms with E-state index in [0.717, 1.165) is 39.6 Å². The van der Waals surface area contributed by atoms with E-state index in [-0.39, 0.29) is 0 Å². The number of hydrogen-bond acceptors (Lipinski definition) is 3. The summed E-state index contributed by atoms with van der Waals surface area (Å²) >= 11 is 1.89. The van der Waals surface area contributed by atoms with Gasteiger partial charge in [0.25, 0.3) is 0 Å². The second kappa shape index (κ2) is 14.6. The van der Waals surface area contributed by atoms with Gasteiger partial charge in [-0.1, -0.05) is 212 Å². The minimum atomic E-state index is -0.635. The van der Waals surface area contributed by atoms with Crippen LogP contribution in [0.25, 0.3) is 55.3 Å². The molecule has 15 rings (SSSR count). The molecule has 69 heavy (non-hydrogen) atoms. The summed E-state index contributed by atoms with van der Waals surface area (Å²) in [5.74, 6) is 1.77. The topological polar surface area (TPSA) is 21.3 Å². The van der Waals surface area contributed by atoms with Crippen LogP contribution < -0.4 is 10.1 Å². The Labute approximate surface area is 405 Å². The fourth-order valence-corrected chi connectivity index (χ4v) is 14.0. The third kappa shape index (κ3) is 5.17. The van der Waals surface area contributed by atoms with Crippen LogP contribution in [-0.4, -0.2) is 0 Å². The Morgan fingerprint density at radius 3 is 1.54 bits per heavy atom. The van der Waals surface area contributed by atoms with E-state index in [4.69, 9.17) is 4.74 Å². The molecule has 0 aromatic heterocycles. The fraction of sp³-hybridized carbons (Fsp3) is 0.0303. The molecule has 2 spiro atoms. The zero-order chi connectivity index (χ0) is 45.3. The van der Waals surface area contributed by atoms with E-state index in [9.17, 15) is 0 Å². The first-order valence-electron chi connectivity index (χ1n) is 23.8. The van der Waals surface area contributed by atoms with Crippen molar-refractivity contribution in [3.05, 3.63) is 287 Å². The van der Waals surface area contributed by atoms with E-state index in [0.29, 0.717) is 0 Å². The van der Waals surface area contributed by atoms with Gasteiger partial charge in [0.1, 0.15) is 11.5 Å². The molecule has 2 aliphatic carbocycles. The molecule has 0 atom stereocenters. The van der Waals surface area contributed by atoms with Crippen LogP contribution in [0.5, 0.6) is 11.5 Å². The molecule has 1 N–H and O–H groups in total. The molecule has 0 fully saturated rings. The molecule has 0 radical (unpaired) electrons. The number of anilines is 2. The average Bonchev–Trinajstić information content (AvgIpc) is 3.87. The zero-order valence-corrected chi connectivity index (χ0v) is 38.2. The highest BCUT2D eigenvalue weighted by atomic mass is 32.2. The molecule has 0 saturated carbocycles. The van der Waals surface area contributed by atoms with Crippen molar-refractivity contribution in [2.24, 2.45) is 0 Å². The van der Waals surface area contributed by atoms with Crippen molar-refractivity contribution in [1.29, 1.82) is 0 Å². The van der Waals surface area contributed by atoms with Crippen LogP contribution in [-0.2, 0) is 10.8 Å². The monoisotopic (exact) mass is 895 g/mol. The maximum Gasteiger partial charge on any atom is 0.132 e. The van der Waals surface area contributed by atoms with Crippen molar-refractivity contribution >= 4 is 33.9 Å². The molecule has 11 aromatic carbocycles. The molecule has 11 aromatic rings. The highest BCUT2D eigenvalue weighted by Gasteiger charge is 2.53. The van der Waals surface area contributed by atoms with Crippen LogP contribution >= 0.6 is 11.8 Å². The largest absolute Gasteiger partial charge is 0.457 e. The van der Waals surface area contributed by atoms with Crippen LogP contribution in [0.3, 0.4) is 0 Å². The van der Waals surface area contributed by atoms with Gasteiger partial charge in [0.05, 0.1) is 10.8 Å². The van der Waals surface area contributed by atoms with Gasteiger partial charge in [-0.3, -0.25) is 0 Å². The van der Waals surface area contributed by atoms with E-state index in [1.807, 2.05) is 11.8 Å².